The molecule has 0 saturated carbocycles. The van der Waals surface area contributed by atoms with Gasteiger partial charge in [-0.3, -0.25) is 16.0 Å². The van der Waals surface area contributed by atoms with Crippen molar-refractivity contribution in [1.82, 2.24) is 4.72 Å². The second kappa shape index (κ2) is 6.60. The third-order valence-electron chi connectivity index (χ3n) is 3.14. The van der Waals surface area contributed by atoms with Gasteiger partial charge in [0.2, 0.25) is 10.0 Å². The molecule has 21 heavy (non-hydrogen) atoms. The van der Waals surface area contributed by atoms with E-state index in [1.54, 1.807) is 11.8 Å². The number of rotatable bonds is 6. The summed E-state index contributed by atoms with van der Waals surface area (Å²) in [5.41, 5.74) is 2.02. The van der Waals surface area contributed by atoms with Gasteiger partial charge in [-0.1, -0.05) is 0 Å². The van der Waals surface area contributed by atoms with Gasteiger partial charge in [0, 0.05) is 17.9 Å². The normalized spacial score (nSPS) is 18.6. The summed E-state index contributed by atoms with van der Waals surface area (Å²) < 4.78 is 26.9. The molecule has 0 radical (unpaired) electrons. The first-order chi connectivity index (χ1) is 9.94. The van der Waals surface area contributed by atoms with Crippen LogP contribution in [0.4, 0.5) is 11.4 Å². The van der Waals surface area contributed by atoms with Gasteiger partial charge < -0.3 is 5.43 Å². The van der Waals surface area contributed by atoms with Gasteiger partial charge in [-0.15, -0.1) is 0 Å². The molecular weight excluding hydrogens is 316 g/mol. The Kier molecular flexibility index (Phi) is 5.04. The van der Waals surface area contributed by atoms with E-state index in [0.29, 0.717) is 0 Å². The number of hydrogen-bond acceptors (Lipinski definition) is 7. The minimum atomic E-state index is -3.92. The molecule has 1 fully saturated rings. The molecule has 1 atom stereocenters. The molecule has 1 unspecified atom stereocenters. The van der Waals surface area contributed by atoms with E-state index in [1.165, 1.54) is 12.1 Å². The lowest BCUT2D eigenvalue weighted by Gasteiger charge is -2.11. The van der Waals surface area contributed by atoms with Crippen molar-refractivity contribution in [3.63, 3.8) is 0 Å². The first-order valence-electron chi connectivity index (χ1n) is 6.30. The van der Waals surface area contributed by atoms with Crippen molar-refractivity contribution >= 4 is 33.2 Å². The number of nitrogens with two attached hydrogens (primary N) is 1. The summed E-state index contributed by atoms with van der Waals surface area (Å²) in [6.45, 7) is 0.279. The van der Waals surface area contributed by atoms with Gasteiger partial charge in [-0.2, -0.15) is 11.8 Å². The number of nitrogens with zero attached hydrogens (tertiary/aromatic N) is 1. The molecule has 4 N–H and O–H groups in total. The molecule has 0 bridgehead atoms. The Morgan fingerprint density at radius 1 is 1.48 bits per heavy atom. The maximum absolute atomic E-state index is 12.2. The Morgan fingerprint density at radius 2 is 2.24 bits per heavy atom. The standard InChI is InChI=1S/C11H16N4O4S2/c12-14-8-3-4-11(10(6-8)15(16)17)21(18,19)13-7-9-2-1-5-20-9/h3-4,6,9,13-14H,1-2,5,7,12H2. The zero-order chi connectivity index (χ0) is 15.5. The molecule has 116 valence electrons. The van der Waals surface area contributed by atoms with E-state index in [1.807, 2.05) is 0 Å². The van der Waals surface area contributed by atoms with Crippen LogP contribution in [-0.4, -0.2) is 30.9 Å². The van der Waals surface area contributed by atoms with Crippen LogP contribution in [0.25, 0.3) is 0 Å². The average molecular weight is 332 g/mol. The molecular formula is C11H16N4O4S2. The van der Waals surface area contributed by atoms with Crippen LogP contribution in [0.2, 0.25) is 0 Å². The molecule has 2 rings (SSSR count). The maximum atomic E-state index is 12.2. The lowest BCUT2D eigenvalue weighted by Crippen LogP contribution is -2.30. The Labute approximate surface area is 126 Å². The van der Waals surface area contributed by atoms with Crippen LogP contribution in [0.15, 0.2) is 23.1 Å². The molecule has 1 aromatic carbocycles. The van der Waals surface area contributed by atoms with Gasteiger partial charge in [0.05, 0.1) is 10.6 Å². The highest BCUT2D eigenvalue weighted by atomic mass is 32.2. The Bertz CT molecular complexity index is 629. The van der Waals surface area contributed by atoms with Crippen molar-refractivity contribution in [2.75, 3.05) is 17.7 Å². The second-order valence-corrected chi connectivity index (χ2v) is 7.71. The maximum Gasteiger partial charge on any atom is 0.291 e. The molecule has 8 nitrogen and oxygen atoms in total. The monoisotopic (exact) mass is 332 g/mol. The third kappa shape index (κ3) is 3.84. The summed E-state index contributed by atoms with van der Waals surface area (Å²) in [6, 6.07) is 3.65. The number of nitrogen functional groups attached to an aromatic ring is 1. The fourth-order valence-corrected chi connectivity index (χ4v) is 4.60. The van der Waals surface area contributed by atoms with Gasteiger partial charge in [0.25, 0.3) is 5.69 Å². The van der Waals surface area contributed by atoms with Crippen LogP contribution >= 0.6 is 11.8 Å². The molecule has 1 aliphatic rings. The van der Waals surface area contributed by atoms with Crippen LogP contribution < -0.4 is 16.0 Å². The van der Waals surface area contributed by atoms with E-state index in [0.717, 1.165) is 24.7 Å². The summed E-state index contributed by atoms with van der Waals surface area (Å²) >= 11 is 1.71. The molecule has 0 amide bonds. The van der Waals surface area contributed by atoms with Crippen LogP contribution in [0.1, 0.15) is 12.8 Å². The topological polar surface area (TPSA) is 127 Å². The van der Waals surface area contributed by atoms with Crippen molar-refractivity contribution in [3.8, 4) is 0 Å². The van der Waals surface area contributed by atoms with Crippen LogP contribution in [0.5, 0.6) is 0 Å². The molecule has 0 spiro atoms. The summed E-state index contributed by atoms with van der Waals surface area (Å²) in [6.07, 6.45) is 2.01. The number of nitrogens with one attached hydrogen (secondary N) is 2. The minimum Gasteiger partial charge on any atom is -0.324 e. The van der Waals surface area contributed by atoms with Gasteiger partial charge in [-0.25, -0.2) is 13.1 Å². The van der Waals surface area contributed by atoms with Crippen LogP contribution in [0, 0.1) is 10.1 Å². The fourth-order valence-electron chi connectivity index (χ4n) is 2.06. The zero-order valence-electron chi connectivity index (χ0n) is 11.1. The highest BCUT2D eigenvalue weighted by Crippen LogP contribution is 2.28. The Morgan fingerprint density at radius 3 is 2.81 bits per heavy atom. The first kappa shape index (κ1) is 16.0. The Balaban J connectivity index is 2.23. The van der Waals surface area contributed by atoms with Crippen molar-refractivity contribution in [2.45, 2.75) is 23.0 Å². The van der Waals surface area contributed by atoms with E-state index in [2.05, 4.69) is 10.1 Å². The van der Waals surface area contributed by atoms with Crippen LogP contribution in [0.3, 0.4) is 0 Å². The first-order valence-corrected chi connectivity index (χ1v) is 8.83. The molecule has 1 aromatic rings. The van der Waals surface area contributed by atoms with E-state index in [-0.39, 0.29) is 22.4 Å². The number of anilines is 1. The smallest absolute Gasteiger partial charge is 0.291 e. The number of benzene rings is 1. The summed E-state index contributed by atoms with van der Waals surface area (Å²) in [4.78, 5) is 9.95. The van der Waals surface area contributed by atoms with E-state index >= 15 is 0 Å². The number of sulfonamides is 1. The molecule has 0 aromatic heterocycles. The molecule has 1 saturated heterocycles. The highest BCUT2D eigenvalue weighted by molar-refractivity contribution is 8.00. The minimum absolute atomic E-state index is 0.226. The highest BCUT2D eigenvalue weighted by Gasteiger charge is 2.27. The lowest BCUT2D eigenvalue weighted by molar-refractivity contribution is -0.387. The largest absolute Gasteiger partial charge is 0.324 e. The summed E-state index contributed by atoms with van der Waals surface area (Å²) in [5, 5.41) is 11.3. The van der Waals surface area contributed by atoms with Gasteiger partial charge in [0.15, 0.2) is 4.90 Å². The third-order valence-corrected chi connectivity index (χ3v) is 6.01. The lowest BCUT2D eigenvalue weighted by atomic mass is 10.2. The number of hydrazine groups is 1. The molecule has 1 heterocycles. The average Bonchev–Trinajstić information content (AvgIpc) is 2.98. The van der Waals surface area contributed by atoms with E-state index in [9.17, 15) is 18.5 Å². The zero-order valence-corrected chi connectivity index (χ0v) is 12.7. The van der Waals surface area contributed by atoms with Gasteiger partial charge >= 0.3 is 0 Å². The molecule has 0 aliphatic carbocycles. The Hall–Kier alpha value is -1.36. The predicted octanol–water partition coefficient (Wildman–Crippen LogP) is 1.05. The van der Waals surface area contributed by atoms with E-state index in [4.69, 9.17) is 5.84 Å². The summed E-state index contributed by atoms with van der Waals surface area (Å²) in [7, 11) is -3.92. The predicted molar refractivity (Wildman–Crippen MR) is 81.6 cm³/mol. The van der Waals surface area contributed by atoms with E-state index < -0.39 is 20.6 Å². The molecule has 10 heteroatoms. The number of thioether (sulfide) groups is 1. The fraction of sp³-hybridized carbons (Fsp3) is 0.455. The van der Waals surface area contributed by atoms with Crippen molar-refractivity contribution < 1.29 is 13.3 Å². The summed E-state index contributed by atoms with van der Waals surface area (Å²) in [5.74, 6) is 6.20. The second-order valence-electron chi connectivity index (χ2n) is 4.57. The van der Waals surface area contributed by atoms with Gasteiger partial charge in [0.1, 0.15) is 0 Å². The number of nitro benzene ring substituents is 1. The molecule has 1 aliphatic heterocycles. The van der Waals surface area contributed by atoms with Gasteiger partial charge in [-0.05, 0) is 30.7 Å². The van der Waals surface area contributed by atoms with Crippen molar-refractivity contribution in [3.05, 3.63) is 28.3 Å². The van der Waals surface area contributed by atoms with Crippen molar-refractivity contribution in [1.29, 1.82) is 0 Å². The number of hydrogen-bond donors (Lipinski definition) is 3. The number of nitro groups is 1. The quantitative estimate of drug-likeness (QED) is 0.403. The van der Waals surface area contributed by atoms with Crippen LogP contribution in [-0.2, 0) is 10.0 Å². The van der Waals surface area contributed by atoms with Crippen molar-refractivity contribution in [2.24, 2.45) is 5.84 Å². The SMILES string of the molecule is NNc1ccc(S(=O)(=O)NCC2CCCS2)c([N+](=O)[O-])c1.